The third-order valence-electron chi connectivity index (χ3n) is 2.95. The molecule has 1 amide bonds. The van der Waals surface area contributed by atoms with Gasteiger partial charge in [-0.1, -0.05) is 30.7 Å². The van der Waals surface area contributed by atoms with Gasteiger partial charge in [0.25, 0.3) is 0 Å². The van der Waals surface area contributed by atoms with Gasteiger partial charge >= 0.3 is 0 Å². The lowest BCUT2D eigenvalue weighted by Crippen LogP contribution is -2.37. The highest BCUT2D eigenvalue weighted by atomic mass is 35.5. The number of aliphatic hydroxyl groups excluding tert-OH is 1. The van der Waals surface area contributed by atoms with Crippen LogP contribution >= 0.6 is 23.4 Å². The largest absolute Gasteiger partial charge is 0.386 e. The van der Waals surface area contributed by atoms with Gasteiger partial charge in [-0.2, -0.15) is 11.8 Å². The van der Waals surface area contributed by atoms with Crippen molar-refractivity contribution in [3.63, 3.8) is 0 Å². The highest BCUT2D eigenvalue weighted by Crippen LogP contribution is 2.19. The van der Waals surface area contributed by atoms with Crippen LogP contribution < -0.4 is 5.32 Å². The molecule has 0 aliphatic rings. The molecule has 3 atom stereocenters. The summed E-state index contributed by atoms with van der Waals surface area (Å²) in [5.41, 5.74) is 0.745. The number of carbonyl (C=O) groups is 1. The zero-order valence-electron chi connectivity index (χ0n) is 11.4. The van der Waals surface area contributed by atoms with Gasteiger partial charge in [0.05, 0.1) is 12.1 Å². The average Bonchev–Trinajstić information content (AvgIpc) is 2.38. The minimum Gasteiger partial charge on any atom is -0.386 e. The van der Waals surface area contributed by atoms with Crippen LogP contribution in [-0.2, 0) is 4.79 Å². The van der Waals surface area contributed by atoms with E-state index in [9.17, 15) is 9.90 Å². The van der Waals surface area contributed by atoms with Crippen LogP contribution in [0.25, 0.3) is 0 Å². The molecule has 0 bridgehead atoms. The van der Waals surface area contributed by atoms with Gasteiger partial charge in [0.2, 0.25) is 5.91 Å². The monoisotopic (exact) mass is 301 g/mol. The molecule has 0 heterocycles. The molecule has 2 N–H and O–H groups in total. The normalized spacial score (nSPS) is 15.6. The minimum absolute atomic E-state index is 0.0395. The summed E-state index contributed by atoms with van der Waals surface area (Å²) in [6.07, 6.45) is 1.70. The van der Waals surface area contributed by atoms with E-state index in [1.807, 2.05) is 13.2 Å². The predicted molar refractivity (Wildman–Crippen MR) is 81.6 cm³/mol. The Morgan fingerprint density at radius 2 is 1.95 bits per heavy atom. The number of thioether (sulfide) groups is 1. The SMILES string of the molecule is CSC(C)CC(=O)NC(C)C(O)c1ccc(Cl)cc1. The summed E-state index contributed by atoms with van der Waals surface area (Å²) >= 11 is 7.45. The second-order valence-electron chi connectivity index (χ2n) is 4.60. The molecule has 1 rings (SSSR count). The maximum Gasteiger partial charge on any atom is 0.221 e. The van der Waals surface area contributed by atoms with Crippen LogP contribution in [0.4, 0.5) is 0 Å². The first-order chi connectivity index (χ1) is 8.93. The highest BCUT2D eigenvalue weighted by Gasteiger charge is 2.19. The van der Waals surface area contributed by atoms with E-state index in [1.54, 1.807) is 43.0 Å². The molecule has 0 aromatic heterocycles. The molecule has 0 aliphatic carbocycles. The number of hydrogen-bond donors (Lipinski definition) is 2. The maximum absolute atomic E-state index is 11.8. The van der Waals surface area contributed by atoms with Gasteiger partial charge in [-0.15, -0.1) is 0 Å². The molecule has 1 aromatic rings. The van der Waals surface area contributed by atoms with Crippen LogP contribution in [0.5, 0.6) is 0 Å². The Hall–Kier alpha value is -0.710. The molecule has 0 saturated heterocycles. The quantitative estimate of drug-likeness (QED) is 0.849. The fourth-order valence-electron chi connectivity index (χ4n) is 1.68. The van der Waals surface area contributed by atoms with Gasteiger partial charge in [0.15, 0.2) is 0 Å². The fourth-order valence-corrected chi connectivity index (χ4v) is 2.13. The Balaban J connectivity index is 2.55. The molecule has 3 nitrogen and oxygen atoms in total. The Labute approximate surface area is 123 Å². The lowest BCUT2D eigenvalue weighted by molar-refractivity contribution is -0.122. The Morgan fingerprint density at radius 1 is 1.37 bits per heavy atom. The maximum atomic E-state index is 11.8. The lowest BCUT2D eigenvalue weighted by Gasteiger charge is -2.21. The number of hydrogen-bond acceptors (Lipinski definition) is 3. The zero-order valence-corrected chi connectivity index (χ0v) is 13.0. The Bertz CT molecular complexity index is 410. The van der Waals surface area contributed by atoms with Gasteiger partial charge in [0, 0.05) is 16.7 Å². The molecule has 0 aliphatic heterocycles. The third-order valence-corrected chi connectivity index (χ3v) is 4.17. The Kier molecular flexibility index (Phi) is 6.69. The molecule has 0 spiro atoms. The third kappa shape index (κ3) is 5.43. The summed E-state index contributed by atoms with van der Waals surface area (Å²) in [5, 5.41) is 13.9. The van der Waals surface area contributed by atoms with Crippen molar-refractivity contribution in [3.05, 3.63) is 34.9 Å². The molecule has 1 aromatic carbocycles. The van der Waals surface area contributed by atoms with Crippen molar-refractivity contribution in [2.45, 2.75) is 37.7 Å². The van der Waals surface area contributed by atoms with Crippen molar-refractivity contribution in [2.24, 2.45) is 0 Å². The van der Waals surface area contributed by atoms with E-state index in [-0.39, 0.29) is 17.2 Å². The molecule has 5 heteroatoms. The van der Waals surface area contributed by atoms with Crippen LogP contribution in [0.15, 0.2) is 24.3 Å². The standard InChI is InChI=1S/C14H20ClNO2S/c1-9(19-3)8-13(17)16-10(2)14(18)11-4-6-12(15)7-5-11/h4-7,9-10,14,18H,8H2,1-3H3,(H,16,17). The lowest BCUT2D eigenvalue weighted by atomic mass is 10.0. The molecule has 0 radical (unpaired) electrons. The van der Waals surface area contributed by atoms with Crippen LogP contribution in [0, 0.1) is 0 Å². The molecule has 3 unspecified atom stereocenters. The van der Waals surface area contributed by atoms with Crippen molar-refractivity contribution in [1.82, 2.24) is 5.32 Å². The van der Waals surface area contributed by atoms with Crippen LogP contribution in [0.1, 0.15) is 31.9 Å². The van der Waals surface area contributed by atoms with Gasteiger partial charge in [-0.3, -0.25) is 4.79 Å². The summed E-state index contributed by atoms with van der Waals surface area (Å²) in [5.74, 6) is -0.0395. The van der Waals surface area contributed by atoms with Gasteiger partial charge in [-0.05, 0) is 30.9 Å². The first-order valence-corrected chi connectivity index (χ1v) is 7.86. The van der Waals surface area contributed by atoms with Gasteiger partial charge < -0.3 is 10.4 Å². The van der Waals surface area contributed by atoms with Crippen molar-refractivity contribution in [2.75, 3.05) is 6.26 Å². The summed E-state index contributed by atoms with van der Waals surface area (Å²) in [6, 6.07) is 6.65. The van der Waals surface area contributed by atoms with Crippen LogP contribution in [0.2, 0.25) is 5.02 Å². The van der Waals surface area contributed by atoms with E-state index < -0.39 is 6.10 Å². The Morgan fingerprint density at radius 3 is 2.47 bits per heavy atom. The van der Waals surface area contributed by atoms with Crippen molar-refractivity contribution >= 4 is 29.3 Å². The van der Waals surface area contributed by atoms with E-state index in [0.29, 0.717) is 11.4 Å². The fraction of sp³-hybridized carbons (Fsp3) is 0.500. The van der Waals surface area contributed by atoms with E-state index in [1.165, 1.54) is 0 Å². The molecular formula is C14H20ClNO2S. The number of benzene rings is 1. The summed E-state index contributed by atoms with van der Waals surface area (Å²) in [7, 11) is 0. The van der Waals surface area contributed by atoms with Crippen molar-refractivity contribution < 1.29 is 9.90 Å². The topological polar surface area (TPSA) is 49.3 Å². The van der Waals surface area contributed by atoms with E-state index in [2.05, 4.69) is 5.32 Å². The summed E-state index contributed by atoms with van der Waals surface area (Å²) in [6.45, 7) is 3.80. The minimum atomic E-state index is -0.731. The second kappa shape index (κ2) is 7.78. The van der Waals surface area contributed by atoms with E-state index in [0.717, 1.165) is 5.56 Å². The molecule has 106 valence electrons. The van der Waals surface area contributed by atoms with Gasteiger partial charge in [-0.25, -0.2) is 0 Å². The number of amides is 1. The first-order valence-electron chi connectivity index (χ1n) is 6.19. The molecule has 0 fully saturated rings. The van der Waals surface area contributed by atoms with Gasteiger partial charge in [0.1, 0.15) is 0 Å². The predicted octanol–water partition coefficient (Wildman–Crippen LogP) is 3.02. The second-order valence-corrected chi connectivity index (χ2v) is 6.32. The highest BCUT2D eigenvalue weighted by molar-refractivity contribution is 7.99. The van der Waals surface area contributed by atoms with Crippen molar-refractivity contribution in [1.29, 1.82) is 0 Å². The van der Waals surface area contributed by atoms with Crippen LogP contribution in [0.3, 0.4) is 0 Å². The smallest absolute Gasteiger partial charge is 0.221 e. The summed E-state index contributed by atoms with van der Waals surface area (Å²) in [4.78, 5) is 11.8. The first kappa shape index (κ1) is 16.3. The number of carbonyl (C=O) groups excluding carboxylic acids is 1. The molecular weight excluding hydrogens is 282 g/mol. The summed E-state index contributed by atoms with van der Waals surface area (Å²) < 4.78 is 0. The number of rotatable bonds is 6. The number of nitrogens with one attached hydrogen (secondary N) is 1. The zero-order chi connectivity index (χ0) is 14.4. The van der Waals surface area contributed by atoms with Crippen molar-refractivity contribution in [3.8, 4) is 0 Å². The number of aliphatic hydroxyl groups is 1. The molecule has 0 saturated carbocycles. The number of halogens is 1. The average molecular weight is 302 g/mol. The van der Waals surface area contributed by atoms with E-state index in [4.69, 9.17) is 11.6 Å². The van der Waals surface area contributed by atoms with Crippen LogP contribution in [-0.4, -0.2) is 28.6 Å². The molecule has 19 heavy (non-hydrogen) atoms. The van der Waals surface area contributed by atoms with E-state index >= 15 is 0 Å².